The molecule has 8 nitrogen and oxygen atoms in total. The van der Waals surface area contributed by atoms with Gasteiger partial charge in [0.1, 0.15) is 5.75 Å². The van der Waals surface area contributed by atoms with Gasteiger partial charge in [0, 0.05) is 22.9 Å². The van der Waals surface area contributed by atoms with Crippen LogP contribution in [0.25, 0.3) is 0 Å². The lowest BCUT2D eigenvalue weighted by atomic mass is 9.85. The molecule has 2 aromatic rings. The van der Waals surface area contributed by atoms with Crippen LogP contribution in [0.5, 0.6) is 5.75 Å². The van der Waals surface area contributed by atoms with Gasteiger partial charge in [-0.25, -0.2) is 4.79 Å². The van der Waals surface area contributed by atoms with Crippen molar-refractivity contribution >= 4 is 23.3 Å². The Morgan fingerprint density at radius 3 is 2.30 bits per heavy atom. The molecule has 2 aromatic carbocycles. The van der Waals surface area contributed by atoms with Crippen molar-refractivity contribution in [1.29, 1.82) is 0 Å². The molecule has 0 fully saturated rings. The molecule has 0 atom stereocenters. The lowest BCUT2D eigenvalue weighted by Gasteiger charge is -2.19. The zero-order valence-electron chi connectivity index (χ0n) is 15.2. The highest BCUT2D eigenvalue weighted by Gasteiger charge is 2.26. The van der Waals surface area contributed by atoms with Crippen molar-refractivity contribution in [2.75, 3.05) is 11.9 Å². The van der Waals surface area contributed by atoms with Crippen LogP contribution in [0, 0.1) is 10.1 Å². The van der Waals surface area contributed by atoms with Gasteiger partial charge in [0.25, 0.3) is 11.6 Å². The molecule has 0 radical (unpaired) electrons. The van der Waals surface area contributed by atoms with Gasteiger partial charge in [0.15, 0.2) is 6.61 Å². The molecule has 142 valence electrons. The van der Waals surface area contributed by atoms with Crippen LogP contribution in [0.15, 0.2) is 42.5 Å². The van der Waals surface area contributed by atoms with E-state index in [1.54, 1.807) is 24.3 Å². The summed E-state index contributed by atoms with van der Waals surface area (Å²) in [7, 11) is 0. The maximum atomic E-state index is 12.4. The maximum Gasteiger partial charge on any atom is 0.341 e. The molecule has 1 amide bonds. The molecule has 0 heterocycles. The van der Waals surface area contributed by atoms with Crippen LogP contribution in [-0.4, -0.2) is 28.5 Å². The average molecular weight is 372 g/mol. The topological polar surface area (TPSA) is 119 Å². The number of nitro groups is 1. The molecule has 0 aliphatic carbocycles. The summed E-state index contributed by atoms with van der Waals surface area (Å²) in [6.45, 7) is 5.13. The van der Waals surface area contributed by atoms with E-state index in [2.05, 4.69) is 5.32 Å². The summed E-state index contributed by atoms with van der Waals surface area (Å²) in [4.78, 5) is 33.8. The number of benzene rings is 2. The normalized spacial score (nSPS) is 10.9. The number of carbonyl (C=O) groups is 2. The molecule has 8 heteroatoms. The predicted octanol–water partition coefficient (Wildman–Crippen LogP) is 3.61. The lowest BCUT2D eigenvalue weighted by molar-refractivity contribution is -0.386. The van der Waals surface area contributed by atoms with Crippen molar-refractivity contribution in [2.24, 2.45) is 0 Å². The van der Waals surface area contributed by atoms with Gasteiger partial charge < -0.3 is 15.2 Å². The van der Waals surface area contributed by atoms with Crippen molar-refractivity contribution in [3.8, 4) is 5.75 Å². The zero-order chi connectivity index (χ0) is 20.2. The van der Waals surface area contributed by atoms with E-state index in [9.17, 15) is 19.7 Å². The van der Waals surface area contributed by atoms with Gasteiger partial charge in [-0.1, -0.05) is 26.8 Å². The first-order chi connectivity index (χ1) is 12.6. The highest BCUT2D eigenvalue weighted by atomic mass is 16.6. The molecule has 0 aliphatic rings. The smallest absolute Gasteiger partial charge is 0.341 e. The molecular formula is C19H20N2O6. The van der Waals surface area contributed by atoms with E-state index >= 15 is 0 Å². The molecule has 0 saturated heterocycles. The summed E-state index contributed by atoms with van der Waals surface area (Å²) < 4.78 is 5.01. The van der Waals surface area contributed by atoms with E-state index in [4.69, 9.17) is 9.84 Å². The fraction of sp³-hybridized carbons (Fsp3) is 0.263. The largest absolute Gasteiger partial charge is 0.482 e. The Morgan fingerprint density at radius 2 is 1.78 bits per heavy atom. The number of carboxylic acid groups (broad SMARTS) is 1. The number of hydrogen-bond donors (Lipinski definition) is 2. The van der Waals surface area contributed by atoms with E-state index < -0.39 is 28.8 Å². The average Bonchev–Trinajstić information content (AvgIpc) is 2.59. The molecule has 0 aromatic heterocycles. The van der Waals surface area contributed by atoms with Crippen LogP contribution in [-0.2, 0) is 10.2 Å². The number of nitrogens with one attached hydrogen (secondary N) is 1. The lowest BCUT2D eigenvalue weighted by Crippen LogP contribution is -2.16. The summed E-state index contributed by atoms with van der Waals surface area (Å²) in [6, 6.07) is 10.5. The minimum Gasteiger partial charge on any atom is -0.482 e. The van der Waals surface area contributed by atoms with Gasteiger partial charge in [-0.15, -0.1) is 0 Å². The Bertz CT molecular complexity index is 869. The highest BCUT2D eigenvalue weighted by molar-refractivity contribution is 6.04. The number of anilines is 1. The van der Waals surface area contributed by atoms with Gasteiger partial charge in [-0.3, -0.25) is 14.9 Å². The summed E-state index contributed by atoms with van der Waals surface area (Å²) in [5.41, 5.74) is 0.631. The Morgan fingerprint density at radius 1 is 1.15 bits per heavy atom. The standard InChI is InChI=1S/C19H20N2O6/c1-19(2,3)15-9-4-12(10-16(15)21(25)26)18(24)20-13-5-7-14(8-6-13)27-11-17(22)23/h4-10H,11H2,1-3H3,(H,20,24)(H,22,23). The SMILES string of the molecule is CC(C)(C)c1ccc(C(=O)Nc2ccc(OCC(=O)O)cc2)cc1[N+](=O)[O-]. The van der Waals surface area contributed by atoms with Gasteiger partial charge in [-0.05, 0) is 35.7 Å². The number of aliphatic carboxylic acids is 1. The van der Waals surface area contributed by atoms with Gasteiger partial charge in [0.05, 0.1) is 4.92 Å². The molecule has 0 saturated carbocycles. The Kier molecular flexibility index (Phi) is 5.79. The number of rotatable bonds is 6. The summed E-state index contributed by atoms with van der Waals surface area (Å²) in [5, 5.41) is 22.6. The Balaban J connectivity index is 2.17. The van der Waals surface area contributed by atoms with Gasteiger partial charge in [0.2, 0.25) is 0 Å². The second-order valence-electron chi connectivity index (χ2n) is 6.90. The summed E-state index contributed by atoms with van der Waals surface area (Å²) in [5.74, 6) is -1.23. The maximum absolute atomic E-state index is 12.4. The van der Waals surface area contributed by atoms with E-state index in [1.165, 1.54) is 18.2 Å². The molecule has 0 aliphatic heterocycles. The number of ether oxygens (including phenoxy) is 1. The van der Waals surface area contributed by atoms with Crippen molar-refractivity contribution in [3.05, 3.63) is 63.7 Å². The van der Waals surface area contributed by atoms with E-state index in [-0.39, 0.29) is 11.3 Å². The van der Waals surface area contributed by atoms with Crippen LogP contribution < -0.4 is 10.1 Å². The number of carbonyl (C=O) groups excluding carboxylic acids is 1. The van der Waals surface area contributed by atoms with E-state index in [0.29, 0.717) is 17.0 Å². The highest BCUT2D eigenvalue weighted by Crippen LogP contribution is 2.32. The summed E-state index contributed by atoms with van der Waals surface area (Å²) >= 11 is 0. The molecule has 27 heavy (non-hydrogen) atoms. The molecule has 2 rings (SSSR count). The predicted molar refractivity (Wildman–Crippen MR) is 99.3 cm³/mol. The second kappa shape index (κ2) is 7.86. The monoisotopic (exact) mass is 372 g/mol. The van der Waals surface area contributed by atoms with Gasteiger partial charge >= 0.3 is 5.97 Å². The summed E-state index contributed by atoms with van der Waals surface area (Å²) in [6.07, 6.45) is 0. The third-order valence-electron chi connectivity index (χ3n) is 3.74. The zero-order valence-corrected chi connectivity index (χ0v) is 15.2. The van der Waals surface area contributed by atoms with Crippen LogP contribution in [0.3, 0.4) is 0 Å². The number of carboxylic acids is 1. The molecular weight excluding hydrogens is 352 g/mol. The Hall–Kier alpha value is -3.42. The van der Waals surface area contributed by atoms with Gasteiger partial charge in [-0.2, -0.15) is 0 Å². The van der Waals surface area contributed by atoms with Crippen molar-refractivity contribution < 1.29 is 24.4 Å². The first-order valence-electron chi connectivity index (χ1n) is 8.13. The third kappa shape index (κ3) is 5.27. The molecule has 0 spiro atoms. The fourth-order valence-corrected chi connectivity index (χ4v) is 2.44. The number of amides is 1. The minimum absolute atomic E-state index is 0.104. The van der Waals surface area contributed by atoms with E-state index in [0.717, 1.165) is 0 Å². The fourth-order valence-electron chi connectivity index (χ4n) is 2.44. The van der Waals surface area contributed by atoms with Crippen molar-refractivity contribution in [3.63, 3.8) is 0 Å². The first-order valence-corrected chi connectivity index (χ1v) is 8.13. The Labute approximate surface area is 155 Å². The minimum atomic E-state index is -1.09. The van der Waals surface area contributed by atoms with Crippen LogP contribution >= 0.6 is 0 Å². The molecule has 0 bridgehead atoms. The number of nitro benzene ring substituents is 1. The molecule has 2 N–H and O–H groups in total. The first kappa shape index (κ1) is 19.9. The van der Waals surface area contributed by atoms with Crippen molar-refractivity contribution in [2.45, 2.75) is 26.2 Å². The van der Waals surface area contributed by atoms with Crippen LogP contribution in [0.4, 0.5) is 11.4 Å². The number of nitrogens with zero attached hydrogens (tertiary/aromatic N) is 1. The van der Waals surface area contributed by atoms with Crippen LogP contribution in [0.1, 0.15) is 36.7 Å². The quantitative estimate of drug-likeness (QED) is 0.590. The van der Waals surface area contributed by atoms with Crippen LogP contribution in [0.2, 0.25) is 0 Å². The molecule has 0 unspecified atom stereocenters. The number of hydrogen-bond acceptors (Lipinski definition) is 5. The third-order valence-corrected chi connectivity index (χ3v) is 3.74. The van der Waals surface area contributed by atoms with Crippen molar-refractivity contribution in [1.82, 2.24) is 0 Å². The van der Waals surface area contributed by atoms with E-state index in [1.807, 2.05) is 20.8 Å². The second-order valence-corrected chi connectivity index (χ2v) is 6.90.